The summed E-state index contributed by atoms with van der Waals surface area (Å²) in [7, 11) is 0. The van der Waals surface area contributed by atoms with Crippen LogP contribution in [0.25, 0.3) is 0 Å². The van der Waals surface area contributed by atoms with Crippen LogP contribution in [0.3, 0.4) is 0 Å². The Bertz CT molecular complexity index is 436. The van der Waals surface area contributed by atoms with E-state index in [4.69, 9.17) is 15.9 Å². The topological polar surface area (TPSA) is 52.6 Å². The van der Waals surface area contributed by atoms with Gasteiger partial charge in [-0.05, 0) is 26.2 Å². The SMILES string of the molecule is C#CC[C@H](C)OC(=O)[C@@H]1[C@H](C)C[C@]2(C)C[C@H]1C(=O)O2. The highest BCUT2D eigenvalue weighted by Gasteiger charge is 2.56. The molecule has 0 aromatic carbocycles. The molecular formula is C15H20O4. The van der Waals surface area contributed by atoms with Crippen molar-refractivity contribution in [2.75, 3.05) is 0 Å². The van der Waals surface area contributed by atoms with Gasteiger partial charge in [-0.1, -0.05) is 6.92 Å². The van der Waals surface area contributed by atoms with Gasteiger partial charge in [0.05, 0.1) is 11.8 Å². The largest absolute Gasteiger partial charge is 0.461 e. The molecule has 1 aliphatic carbocycles. The van der Waals surface area contributed by atoms with Gasteiger partial charge in [-0.25, -0.2) is 0 Å². The zero-order valence-electron chi connectivity index (χ0n) is 11.6. The number of fused-ring (bicyclic) bond motifs is 2. The Kier molecular flexibility index (Phi) is 3.58. The summed E-state index contributed by atoms with van der Waals surface area (Å²) >= 11 is 0. The fourth-order valence-corrected chi connectivity index (χ4v) is 3.39. The van der Waals surface area contributed by atoms with Gasteiger partial charge in [-0.3, -0.25) is 9.59 Å². The first-order valence-corrected chi connectivity index (χ1v) is 6.73. The molecule has 5 atom stereocenters. The van der Waals surface area contributed by atoms with Crippen LogP contribution in [0.4, 0.5) is 0 Å². The van der Waals surface area contributed by atoms with Gasteiger partial charge in [0.15, 0.2) is 0 Å². The number of carbonyl (C=O) groups is 2. The zero-order valence-corrected chi connectivity index (χ0v) is 11.6. The summed E-state index contributed by atoms with van der Waals surface area (Å²) in [5.41, 5.74) is -0.400. The lowest BCUT2D eigenvalue weighted by Gasteiger charge is -2.35. The monoisotopic (exact) mass is 264 g/mol. The summed E-state index contributed by atoms with van der Waals surface area (Å²) in [6, 6.07) is 0. The fourth-order valence-electron chi connectivity index (χ4n) is 3.39. The third-order valence-electron chi connectivity index (χ3n) is 4.10. The average Bonchev–Trinajstić information content (AvgIpc) is 2.49. The molecule has 2 rings (SSSR count). The van der Waals surface area contributed by atoms with E-state index in [0.717, 1.165) is 0 Å². The Labute approximate surface area is 113 Å². The van der Waals surface area contributed by atoms with Gasteiger partial charge in [0, 0.05) is 12.8 Å². The van der Waals surface area contributed by atoms with Crippen LogP contribution in [-0.2, 0) is 19.1 Å². The number of hydrogen-bond donors (Lipinski definition) is 0. The maximum Gasteiger partial charge on any atom is 0.310 e. The molecule has 4 heteroatoms. The molecule has 19 heavy (non-hydrogen) atoms. The second kappa shape index (κ2) is 4.88. The number of rotatable bonds is 3. The van der Waals surface area contributed by atoms with Crippen LogP contribution in [0.2, 0.25) is 0 Å². The lowest BCUT2D eigenvalue weighted by Crippen LogP contribution is -2.41. The highest BCUT2D eigenvalue weighted by atomic mass is 16.6. The zero-order chi connectivity index (χ0) is 14.2. The Hall–Kier alpha value is -1.50. The van der Waals surface area contributed by atoms with Crippen LogP contribution in [0.15, 0.2) is 0 Å². The highest BCUT2D eigenvalue weighted by Crippen LogP contribution is 2.48. The molecule has 0 aromatic rings. The van der Waals surface area contributed by atoms with E-state index in [0.29, 0.717) is 19.3 Å². The van der Waals surface area contributed by atoms with Crippen LogP contribution >= 0.6 is 0 Å². The number of carbonyl (C=O) groups excluding carboxylic acids is 2. The smallest absolute Gasteiger partial charge is 0.310 e. The second-order valence-electron chi connectivity index (χ2n) is 6.04. The van der Waals surface area contributed by atoms with Crippen LogP contribution in [-0.4, -0.2) is 23.6 Å². The lowest BCUT2D eigenvalue weighted by molar-refractivity contribution is -0.160. The highest BCUT2D eigenvalue weighted by molar-refractivity contribution is 5.84. The van der Waals surface area contributed by atoms with E-state index in [-0.39, 0.29) is 29.9 Å². The summed E-state index contributed by atoms with van der Waals surface area (Å²) in [6.45, 7) is 5.68. The van der Waals surface area contributed by atoms with Crippen molar-refractivity contribution < 1.29 is 19.1 Å². The van der Waals surface area contributed by atoms with Crippen LogP contribution in [0.1, 0.15) is 40.0 Å². The van der Waals surface area contributed by atoms with Gasteiger partial charge in [0.2, 0.25) is 0 Å². The van der Waals surface area contributed by atoms with Crippen LogP contribution < -0.4 is 0 Å². The van der Waals surface area contributed by atoms with Gasteiger partial charge < -0.3 is 9.47 Å². The number of terminal acetylenes is 1. The van der Waals surface area contributed by atoms with Crippen molar-refractivity contribution in [2.24, 2.45) is 17.8 Å². The van der Waals surface area contributed by atoms with Gasteiger partial charge in [0.1, 0.15) is 11.7 Å². The minimum Gasteiger partial charge on any atom is -0.461 e. The van der Waals surface area contributed by atoms with Gasteiger partial charge in [-0.2, -0.15) is 0 Å². The lowest BCUT2D eigenvalue weighted by atomic mass is 9.69. The molecule has 0 radical (unpaired) electrons. The van der Waals surface area contributed by atoms with Crippen LogP contribution in [0, 0.1) is 30.1 Å². The quantitative estimate of drug-likeness (QED) is 0.577. The molecule has 2 aliphatic rings. The van der Waals surface area contributed by atoms with Crippen molar-refractivity contribution in [2.45, 2.75) is 51.7 Å². The van der Waals surface area contributed by atoms with E-state index in [9.17, 15) is 9.59 Å². The van der Waals surface area contributed by atoms with Crippen LogP contribution in [0.5, 0.6) is 0 Å². The van der Waals surface area contributed by atoms with Crippen molar-refractivity contribution in [3.8, 4) is 12.3 Å². The molecule has 0 aromatic heterocycles. The predicted molar refractivity (Wildman–Crippen MR) is 68.9 cm³/mol. The molecule has 1 saturated heterocycles. The number of ether oxygens (including phenoxy) is 2. The number of hydrogen-bond acceptors (Lipinski definition) is 4. The molecule has 0 N–H and O–H groups in total. The molecule has 104 valence electrons. The molecule has 0 amide bonds. The minimum atomic E-state index is -0.400. The van der Waals surface area contributed by atoms with Gasteiger partial charge in [-0.15, -0.1) is 12.3 Å². The van der Waals surface area contributed by atoms with E-state index in [2.05, 4.69) is 5.92 Å². The third-order valence-corrected chi connectivity index (χ3v) is 4.10. The van der Waals surface area contributed by atoms with E-state index in [1.807, 2.05) is 13.8 Å². The van der Waals surface area contributed by atoms with Gasteiger partial charge in [0.25, 0.3) is 0 Å². The van der Waals surface area contributed by atoms with Gasteiger partial charge >= 0.3 is 11.9 Å². The molecule has 0 spiro atoms. The normalized spacial score (nSPS) is 38.2. The Morgan fingerprint density at radius 1 is 1.63 bits per heavy atom. The second-order valence-corrected chi connectivity index (χ2v) is 6.04. The minimum absolute atomic E-state index is 0.0840. The summed E-state index contributed by atoms with van der Waals surface area (Å²) in [6.07, 6.45) is 6.59. The fraction of sp³-hybridized carbons (Fsp3) is 0.733. The molecule has 2 fully saturated rings. The summed E-state index contributed by atoms with van der Waals surface area (Å²) in [4.78, 5) is 24.1. The van der Waals surface area contributed by atoms with E-state index >= 15 is 0 Å². The molecule has 1 aliphatic heterocycles. The third kappa shape index (κ3) is 2.60. The predicted octanol–water partition coefficient (Wildman–Crippen LogP) is 1.92. The van der Waals surface area contributed by atoms with Crippen molar-refractivity contribution in [1.29, 1.82) is 0 Å². The first-order chi connectivity index (χ1) is 8.86. The van der Waals surface area contributed by atoms with Crippen molar-refractivity contribution in [3.63, 3.8) is 0 Å². The molecule has 4 nitrogen and oxygen atoms in total. The van der Waals surface area contributed by atoms with E-state index < -0.39 is 11.5 Å². The summed E-state index contributed by atoms with van der Waals surface area (Å²) in [5, 5.41) is 0. The Morgan fingerprint density at radius 3 is 2.95 bits per heavy atom. The Morgan fingerprint density at radius 2 is 2.32 bits per heavy atom. The van der Waals surface area contributed by atoms with E-state index in [1.54, 1.807) is 6.92 Å². The Balaban J connectivity index is 2.09. The van der Waals surface area contributed by atoms with E-state index in [1.165, 1.54) is 0 Å². The van der Waals surface area contributed by atoms with Crippen molar-refractivity contribution in [3.05, 3.63) is 0 Å². The number of esters is 2. The molecule has 1 saturated carbocycles. The maximum atomic E-state index is 12.2. The molecule has 0 unspecified atom stereocenters. The first kappa shape index (κ1) is 13.9. The standard InChI is InChI=1S/C15H20O4/c1-5-6-10(3)18-14(17)12-9(2)7-15(4)8-11(12)13(16)19-15/h1,9-12H,6-8H2,2-4H3/t9-,10+,11-,12-,15-/m1/s1. The summed E-state index contributed by atoms with van der Waals surface area (Å²) in [5.74, 6) is 1.21. The van der Waals surface area contributed by atoms with Crippen molar-refractivity contribution >= 4 is 11.9 Å². The first-order valence-electron chi connectivity index (χ1n) is 6.73. The van der Waals surface area contributed by atoms with Crippen molar-refractivity contribution in [1.82, 2.24) is 0 Å². The average molecular weight is 264 g/mol. The molecule has 2 bridgehead atoms. The molecular weight excluding hydrogens is 244 g/mol. The summed E-state index contributed by atoms with van der Waals surface area (Å²) < 4.78 is 10.7. The molecule has 1 heterocycles. The maximum absolute atomic E-state index is 12.2.